The fourth-order valence-corrected chi connectivity index (χ4v) is 3.00. The molecule has 0 aromatic heterocycles. The van der Waals surface area contributed by atoms with Gasteiger partial charge in [-0.05, 0) is 62.1 Å². The van der Waals surface area contributed by atoms with Crippen molar-refractivity contribution >= 4 is 34.8 Å². The molecular formula is C20H21ClN2O2. The van der Waals surface area contributed by atoms with Crippen LogP contribution in [0.25, 0.3) is 0 Å². The largest absolute Gasteiger partial charge is 0.326 e. The van der Waals surface area contributed by atoms with Crippen LogP contribution < -0.4 is 10.6 Å². The first kappa shape index (κ1) is 17.5. The van der Waals surface area contributed by atoms with Crippen molar-refractivity contribution in [2.45, 2.75) is 27.2 Å². The van der Waals surface area contributed by atoms with Crippen LogP contribution in [0.3, 0.4) is 0 Å². The molecule has 0 radical (unpaired) electrons. The minimum atomic E-state index is -0.288. The Bertz CT molecular complexity index is 778. The van der Waals surface area contributed by atoms with Gasteiger partial charge in [0.1, 0.15) is 0 Å². The van der Waals surface area contributed by atoms with E-state index in [2.05, 4.69) is 10.6 Å². The molecule has 2 amide bonds. The molecule has 2 aromatic carbocycles. The number of halogens is 1. The van der Waals surface area contributed by atoms with Crippen molar-refractivity contribution in [3.63, 3.8) is 0 Å². The van der Waals surface area contributed by atoms with Gasteiger partial charge in [-0.2, -0.15) is 0 Å². The number of rotatable bonds is 4. The number of hydrogen-bond acceptors (Lipinski definition) is 2. The molecule has 0 heterocycles. The lowest BCUT2D eigenvalue weighted by molar-refractivity contribution is -0.122. The highest BCUT2D eigenvalue weighted by Crippen LogP contribution is 2.40. The maximum Gasteiger partial charge on any atom is 0.228 e. The smallest absolute Gasteiger partial charge is 0.228 e. The first-order valence-electron chi connectivity index (χ1n) is 8.30. The highest BCUT2D eigenvalue weighted by molar-refractivity contribution is 6.31. The standard InChI is InChI=1S/C20H21ClN2O2/c1-11-4-5-12(2)17(8-11)22-19(24)15-10-16(15)20(25)23-18-9-14(21)7-6-13(18)3/h4-9,15-16H,10H2,1-3H3,(H,22,24)(H,23,25). The van der Waals surface area contributed by atoms with Gasteiger partial charge in [-0.3, -0.25) is 9.59 Å². The Morgan fingerprint density at radius 1 is 0.880 bits per heavy atom. The Kier molecular flexibility index (Phi) is 4.82. The molecule has 0 bridgehead atoms. The molecular weight excluding hydrogens is 336 g/mol. The Morgan fingerprint density at radius 3 is 2.00 bits per heavy atom. The summed E-state index contributed by atoms with van der Waals surface area (Å²) in [6.45, 7) is 5.84. The van der Waals surface area contributed by atoms with Crippen molar-refractivity contribution in [2.75, 3.05) is 10.6 Å². The summed E-state index contributed by atoms with van der Waals surface area (Å²) in [4.78, 5) is 24.8. The van der Waals surface area contributed by atoms with Crippen molar-refractivity contribution in [1.82, 2.24) is 0 Å². The summed E-state index contributed by atoms with van der Waals surface area (Å²) in [5.41, 5.74) is 4.53. The first-order chi connectivity index (χ1) is 11.8. The summed E-state index contributed by atoms with van der Waals surface area (Å²) in [5.74, 6) is -0.800. The van der Waals surface area contributed by atoms with Gasteiger partial charge >= 0.3 is 0 Å². The third kappa shape index (κ3) is 4.02. The third-order valence-electron chi connectivity index (χ3n) is 4.57. The van der Waals surface area contributed by atoms with Crippen molar-refractivity contribution in [2.24, 2.45) is 11.8 Å². The van der Waals surface area contributed by atoms with Crippen LogP contribution in [0.15, 0.2) is 36.4 Å². The number of hydrogen-bond donors (Lipinski definition) is 2. The van der Waals surface area contributed by atoms with Gasteiger partial charge in [0.15, 0.2) is 0 Å². The van der Waals surface area contributed by atoms with Crippen molar-refractivity contribution < 1.29 is 9.59 Å². The quantitative estimate of drug-likeness (QED) is 0.848. The molecule has 2 unspecified atom stereocenters. The number of anilines is 2. The van der Waals surface area contributed by atoms with E-state index in [-0.39, 0.29) is 23.7 Å². The van der Waals surface area contributed by atoms with Gasteiger partial charge in [0.2, 0.25) is 11.8 Å². The monoisotopic (exact) mass is 356 g/mol. The summed E-state index contributed by atoms with van der Waals surface area (Å²) in [6.07, 6.45) is 0.572. The van der Waals surface area contributed by atoms with E-state index in [1.54, 1.807) is 12.1 Å². The van der Waals surface area contributed by atoms with E-state index in [0.717, 1.165) is 22.4 Å². The number of nitrogens with one attached hydrogen (secondary N) is 2. The van der Waals surface area contributed by atoms with E-state index in [9.17, 15) is 9.59 Å². The number of aryl methyl sites for hydroxylation is 3. The highest BCUT2D eigenvalue weighted by atomic mass is 35.5. The molecule has 0 saturated heterocycles. The molecule has 1 saturated carbocycles. The minimum absolute atomic E-state index is 0.100. The molecule has 0 spiro atoms. The predicted molar refractivity (Wildman–Crippen MR) is 101 cm³/mol. The van der Waals surface area contributed by atoms with Crippen molar-refractivity contribution in [3.05, 3.63) is 58.1 Å². The van der Waals surface area contributed by atoms with E-state index >= 15 is 0 Å². The van der Waals surface area contributed by atoms with Crippen LogP contribution in [0.4, 0.5) is 11.4 Å². The summed E-state index contributed by atoms with van der Waals surface area (Å²) in [5, 5.41) is 6.39. The number of benzene rings is 2. The van der Waals surface area contributed by atoms with Crippen LogP contribution in [0.5, 0.6) is 0 Å². The van der Waals surface area contributed by atoms with Crippen LogP contribution in [0.1, 0.15) is 23.1 Å². The molecule has 1 aliphatic carbocycles. The molecule has 0 aliphatic heterocycles. The van der Waals surface area contributed by atoms with E-state index in [1.165, 1.54) is 0 Å². The van der Waals surface area contributed by atoms with Crippen LogP contribution in [0, 0.1) is 32.6 Å². The fourth-order valence-electron chi connectivity index (χ4n) is 2.82. The average Bonchev–Trinajstić information content (AvgIpc) is 3.35. The van der Waals surface area contributed by atoms with Gasteiger partial charge < -0.3 is 10.6 Å². The Morgan fingerprint density at radius 2 is 1.40 bits per heavy atom. The first-order valence-corrected chi connectivity index (χ1v) is 8.68. The minimum Gasteiger partial charge on any atom is -0.326 e. The predicted octanol–water partition coefficient (Wildman–Crippen LogP) is 4.48. The molecule has 2 N–H and O–H groups in total. The van der Waals surface area contributed by atoms with Crippen molar-refractivity contribution in [3.8, 4) is 0 Å². The Hall–Kier alpha value is -2.33. The summed E-state index contributed by atoms with van der Waals surface area (Å²) < 4.78 is 0. The SMILES string of the molecule is Cc1ccc(C)c(NC(=O)C2CC2C(=O)Nc2cc(Cl)ccc2C)c1. The molecule has 2 aromatic rings. The summed E-state index contributed by atoms with van der Waals surface area (Å²) in [6, 6.07) is 11.3. The van der Waals surface area contributed by atoms with Gasteiger partial charge in [0.05, 0.1) is 11.8 Å². The zero-order chi connectivity index (χ0) is 18.1. The molecule has 1 aliphatic rings. The van der Waals surface area contributed by atoms with Crippen LogP contribution in [-0.2, 0) is 9.59 Å². The number of amides is 2. The zero-order valence-electron chi connectivity index (χ0n) is 14.5. The van der Waals surface area contributed by atoms with Gasteiger partial charge in [0, 0.05) is 16.4 Å². The normalized spacial score (nSPS) is 18.6. The Labute approximate surface area is 152 Å². The van der Waals surface area contributed by atoms with Crippen LogP contribution in [-0.4, -0.2) is 11.8 Å². The van der Waals surface area contributed by atoms with Crippen LogP contribution >= 0.6 is 11.6 Å². The fraction of sp³-hybridized carbons (Fsp3) is 0.300. The second-order valence-corrected chi connectivity index (χ2v) is 7.14. The third-order valence-corrected chi connectivity index (χ3v) is 4.81. The second-order valence-electron chi connectivity index (χ2n) is 6.70. The van der Waals surface area contributed by atoms with E-state index in [1.807, 2.05) is 45.0 Å². The molecule has 5 heteroatoms. The molecule has 3 rings (SSSR count). The van der Waals surface area contributed by atoms with Gasteiger partial charge in [-0.15, -0.1) is 0 Å². The van der Waals surface area contributed by atoms with Crippen LogP contribution in [0.2, 0.25) is 5.02 Å². The molecule has 130 valence electrons. The van der Waals surface area contributed by atoms with Gasteiger partial charge in [-0.1, -0.05) is 29.8 Å². The van der Waals surface area contributed by atoms with Gasteiger partial charge in [-0.25, -0.2) is 0 Å². The molecule has 2 atom stereocenters. The summed E-state index contributed by atoms with van der Waals surface area (Å²) in [7, 11) is 0. The zero-order valence-corrected chi connectivity index (χ0v) is 15.3. The molecule has 1 fully saturated rings. The van der Waals surface area contributed by atoms with E-state index in [0.29, 0.717) is 17.1 Å². The average molecular weight is 357 g/mol. The lowest BCUT2D eigenvalue weighted by Gasteiger charge is -2.10. The summed E-state index contributed by atoms with van der Waals surface area (Å²) >= 11 is 5.98. The molecule has 4 nitrogen and oxygen atoms in total. The highest BCUT2D eigenvalue weighted by Gasteiger charge is 2.48. The molecule has 25 heavy (non-hydrogen) atoms. The topological polar surface area (TPSA) is 58.2 Å². The van der Waals surface area contributed by atoms with E-state index in [4.69, 9.17) is 11.6 Å². The Balaban J connectivity index is 1.61. The van der Waals surface area contributed by atoms with Crippen molar-refractivity contribution in [1.29, 1.82) is 0 Å². The van der Waals surface area contributed by atoms with Gasteiger partial charge in [0.25, 0.3) is 0 Å². The number of carbonyl (C=O) groups is 2. The van der Waals surface area contributed by atoms with E-state index < -0.39 is 0 Å². The lowest BCUT2D eigenvalue weighted by Crippen LogP contribution is -2.21. The lowest BCUT2D eigenvalue weighted by atomic mass is 10.1. The maximum atomic E-state index is 12.4. The maximum absolute atomic E-state index is 12.4. The second kappa shape index (κ2) is 6.89. The number of carbonyl (C=O) groups excluding carboxylic acids is 2.